The van der Waals surface area contributed by atoms with Crippen LogP contribution >= 0.6 is 0 Å². The second kappa shape index (κ2) is 11.7. The first kappa shape index (κ1) is 27.4. The van der Waals surface area contributed by atoms with Gasteiger partial charge in [-0.3, -0.25) is 9.79 Å². The molecule has 3 rings (SSSR count). The zero-order chi connectivity index (χ0) is 27.2. The van der Waals surface area contributed by atoms with E-state index in [1.54, 1.807) is 34.0 Å². The van der Waals surface area contributed by atoms with Gasteiger partial charge in [-0.2, -0.15) is 0 Å². The summed E-state index contributed by atoms with van der Waals surface area (Å²) in [6, 6.07) is 7.02. The Bertz CT molecular complexity index is 1190. The van der Waals surface area contributed by atoms with Gasteiger partial charge in [-0.05, 0) is 45.7 Å². The first-order chi connectivity index (χ1) is 17.5. The molecule has 11 nitrogen and oxygen atoms in total. The standard InChI is InChI=1S/C26H34N6O5/c1-17-22(18(2)37-30-17)14-28-13-21(12-27-6)32-23(33)16-31(25(32)35)15-20-9-7-8-19(10-20)11-29-24(34)36-26(3,4)5/h7-10,12-13,28H,11,14-16H2,1-6H3,(H,29,34)/b21-13+,27-12?. The SMILES string of the molecule is CN=C/C(=C\NCc1c(C)noc1C)N1C(=O)CN(Cc2cccc(CNC(=O)OC(C)(C)C)c2)C1=O. The number of aliphatic imine (C=N–C) groups is 1. The van der Waals surface area contributed by atoms with Crippen molar-refractivity contribution in [3.8, 4) is 0 Å². The van der Waals surface area contributed by atoms with Crippen molar-refractivity contribution in [2.24, 2.45) is 4.99 Å². The number of aryl methyl sites for hydroxylation is 2. The number of amides is 4. The Morgan fingerprint density at radius 3 is 2.59 bits per heavy atom. The van der Waals surface area contributed by atoms with Crippen molar-refractivity contribution in [3.05, 3.63) is 64.3 Å². The maximum absolute atomic E-state index is 13.2. The normalized spacial score (nSPS) is 14.6. The molecule has 1 fully saturated rings. The van der Waals surface area contributed by atoms with Crippen LogP contribution < -0.4 is 10.6 Å². The molecule has 0 aliphatic carbocycles. The molecule has 0 radical (unpaired) electrons. The lowest BCUT2D eigenvalue weighted by Crippen LogP contribution is -2.33. The molecule has 2 heterocycles. The lowest BCUT2D eigenvalue weighted by Gasteiger charge is -2.20. The summed E-state index contributed by atoms with van der Waals surface area (Å²) in [5.74, 6) is 0.352. The summed E-state index contributed by atoms with van der Waals surface area (Å²) in [4.78, 5) is 44.5. The van der Waals surface area contributed by atoms with E-state index in [0.29, 0.717) is 18.0 Å². The van der Waals surface area contributed by atoms with Crippen molar-refractivity contribution in [2.75, 3.05) is 13.6 Å². The Labute approximate surface area is 216 Å². The van der Waals surface area contributed by atoms with Gasteiger partial charge in [-0.1, -0.05) is 29.4 Å². The molecule has 37 heavy (non-hydrogen) atoms. The number of benzene rings is 1. The summed E-state index contributed by atoms with van der Waals surface area (Å²) in [6.07, 6.45) is 2.54. The van der Waals surface area contributed by atoms with Crippen LogP contribution in [-0.2, 0) is 29.2 Å². The number of allylic oxidation sites excluding steroid dienone is 1. The fraction of sp³-hybridized carbons (Fsp3) is 0.423. The van der Waals surface area contributed by atoms with Crippen LogP contribution in [-0.4, -0.2) is 58.4 Å². The second-order valence-electron chi connectivity index (χ2n) is 9.68. The van der Waals surface area contributed by atoms with E-state index in [-0.39, 0.29) is 25.5 Å². The third-order valence-corrected chi connectivity index (χ3v) is 5.47. The Morgan fingerprint density at radius 1 is 1.22 bits per heavy atom. The quantitative estimate of drug-likeness (QED) is 0.391. The Balaban J connectivity index is 1.65. The van der Waals surface area contributed by atoms with Gasteiger partial charge in [0.1, 0.15) is 17.9 Å². The van der Waals surface area contributed by atoms with E-state index < -0.39 is 17.7 Å². The van der Waals surface area contributed by atoms with Gasteiger partial charge in [0.25, 0.3) is 5.91 Å². The average molecular weight is 511 g/mol. The van der Waals surface area contributed by atoms with Crippen LogP contribution in [0.1, 0.15) is 48.9 Å². The van der Waals surface area contributed by atoms with Crippen molar-refractivity contribution in [3.63, 3.8) is 0 Å². The van der Waals surface area contributed by atoms with Crippen LogP contribution in [0.4, 0.5) is 9.59 Å². The van der Waals surface area contributed by atoms with E-state index in [1.807, 2.05) is 38.1 Å². The molecule has 0 bridgehead atoms. The van der Waals surface area contributed by atoms with E-state index in [2.05, 4.69) is 20.8 Å². The van der Waals surface area contributed by atoms with Gasteiger partial charge in [0.05, 0.1) is 11.4 Å². The molecule has 1 aromatic carbocycles. The Kier molecular flexibility index (Phi) is 8.69. The lowest BCUT2D eigenvalue weighted by atomic mass is 10.1. The minimum Gasteiger partial charge on any atom is -0.444 e. The number of carbonyl (C=O) groups excluding carboxylic acids is 3. The molecule has 2 N–H and O–H groups in total. The predicted octanol–water partition coefficient (Wildman–Crippen LogP) is 3.41. The molecule has 1 aliphatic rings. The molecular weight excluding hydrogens is 476 g/mol. The highest BCUT2D eigenvalue weighted by Crippen LogP contribution is 2.19. The van der Waals surface area contributed by atoms with Gasteiger partial charge < -0.3 is 24.8 Å². The number of aromatic nitrogens is 1. The Hall–Kier alpha value is -4.15. The number of hydrogen-bond acceptors (Lipinski definition) is 8. The van der Waals surface area contributed by atoms with Crippen LogP contribution in [0, 0.1) is 13.8 Å². The minimum atomic E-state index is -0.583. The second-order valence-corrected chi connectivity index (χ2v) is 9.68. The zero-order valence-corrected chi connectivity index (χ0v) is 22.1. The number of ether oxygens (including phenoxy) is 1. The fourth-order valence-corrected chi connectivity index (χ4v) is 3.78. The molecule has 4 amide bonds. The molecule has 2 aromatic rings. The Morgan fingerprint density at radius 2 is 1.95 bits per heavy atom. The number of urea groups is 1. The maximum atomic E-state index is 13.2. The molecule has 0 atom stereocenters. The largest absolute Gasteiger partial charge is 0.444 e. The van der Waals surface area contributed by atoms with Crippen LogP contribution in [0.2, 0.25) is 0 Å². The van der Waals surface area contributed by atoms with E-state index in [0.717, 1.165) is 27.3 Å². The number of rotatable bonds is 9. The number of nitrogens with zero attached hydrogens (tertiary/aromatic N) is 4. The lowest BCUT2D eigenvalue weighted by molar-refractivity contribution is -0.123. The highest BCUT2D eigenvalue weighted by Gasteiger charge is 2.37. The average Bonchev–Trinajstić information content (AvgIpc) is 3.28. The van der Waals surface area contributed by atoms with Crippen molar-refractivity contribution in [1.82, 2.24) is 25.6 Å². The number of nitrogens with one attached hydrogen (secondary N) is 2. The van der Waals surface area contributed by atoms with Crippen LogP contribution in [0.15, 0.2) is 45.7 Å². The number of imide groups is 1. The molecule has 1 aromatic heterocycles. The van der Waals surface area contributed by atoms with Crippen molar-refractivity contribution in [1.29, 1.82) is 0 Å². The zero-order valence-electron chi connectivity index (χ0n) is 22.1. The molecule has 0 spiro atoms. The summed E-state index contributed by atoms with van der Waals surface area (Å²) in [7, 11) is 1.57. The molecule has 11 heteroatoms. The van der Waals surface area contributed by atoms with E-state index in [1.165, 1.54) is 11.1 Å². The molecule has 1 saturated heterocycles. The van der Waals surface area contributed by atoms with Crippen LogP contribution in [0.25, 0.3) is 0 Å². The van der Waals surface area contributed by atoms with E-state index >= 15 is 0 Å². The third kappa shape index (κ3) is 7.42. The van der Waals surface area contributed by atoms with Gasteiger partial charge in [0.2, 0.25) is 0 Å². The third-order valence-electron chi connectivity index (χ3n) is 5.47. The van der Waals surface area contributed by atoms with Gasteiger partial charge in [-0.25, -0.2) is 14.5 Å². The maximum Gasteiger partial charge on any atom is 0.407 e. The smallest absolute Gasteiger partial charge is 0.407 e. The van der Waals surface area contributed by atoms with Gasteiger partial charge in [-0.15, -0.1) is 0 Å². The fourth-order valence-electron chi connectivity index (χ4n) is 3.78. The number of alkyl carbamates (subject to hydrolysis) is 1. The van der Waals surface area contributed by atoms with E-state index in [9.17, 15) is 14.4 Å². The van der Waals surface area contributed by atoms with Crippen molar-refractivity contribution < 1.29 is 23.6 Å². The summed E-state index contributed by atoms with van der Waals surface area (Å²) in [5, 5.41) is 9.77. The monoisotopic (exact) mass is 510 g/mol. The van der Waals surface area contributed by atoms with Crippen molar-refractivity contribution in [2.45, 2.75) is 59.9 Å². The molecular formula is C26H34N6O5. The summed E-state index contributed by atoms with van der Waals surface area (Å²) >= 11 is 0. The van der Waals surface area contributed by atoms with Crippen LogP contribution in [0.3, 0.4) is 0 Å². The number of carbonyl (C=O) groups is 3. The highest BCUT2D eigenvalue weighted by molar-refractivity contribution is 6.07. The summed E-state index contributed by atoms with van der Waals surface area (Å²) < 4.78 is 10.4. The van der Waals surface area contributed by atoms with Crippen molar-refractivity contribution >= 4 is 24.2 Å². The molecule has 1 aliphatic heterocycles. The summed E-state index contributed by atoms with van der Waals surface area (Å²) in [6.45, 7) is 9.95. The first-order valence-electron chi connectivity index (χ1n) is 11.9. The number of hydrogen-bond donors (Lipinski definition) is 2. The highest BCUT2D eigenvalue weighted by atomic mass is 16.6. The van der Waals surface area contributed by atoms with Gasteiger partial charge >= 0.3 is 12.1 Å². The van der Waals surface area contributed by atoms with Gasteiger partial charge in [0.15, 0.2) is 0 Å². The van der Waals surface area contributed by atoms with Crippen LogP contribution in [0.5, 0.6) is 0 Å². The minimum absolute atomic E-state index is 0.0576. The molecule has 198 valence electrons. The molecule has 0 saturated carbocycles. The summed E-state index contributed by atoms with van der Waals surface area (Å²) in [5.41, 5.74) is 3.11. The topological polar surface area (TPSA) is 129 Å². The molecule has 0 unspecified atom stereocenters. The van der Waals surface area contributed by atoms with E-state index in [4.69, 9.17) is 9.26 Å². The predicted molar refractivity (Wildman–Crippen MR) is 137 cm³/mol. The first-order valence-corrected chi connectivity index (χ1v) is 11.9. The van der Waals surface area contributed by atoms with Gasteiger partial charge in [0, 0.05) is 44.7 Å².